The van der Waals surface area contributed by atoms with E-state index >= 15 is 0 Å². The molecule has 0 spiro atoms. The van der Waals surface area contributed by atoms with Crippen molar-refractivity contribution in [2.24, 2.45) is 14.1 Å². The lowest BCUT2D eigenvalue weighted by Crippen LogP contribution is -2.37. The van der Waals surface area contributed by atoms with Crippen LogP contribution in [0.4, 0.5) is 5.69 Å². The molecule has 0 saturated carbocycles. The van der Waals surface area contributed by atoms with E-state index in [2.05, 4.69) is 15.3 Å². The molecule has 10 nitrogen and oxygen atoms in total. The molecule has 2 heterocycles. The molecule has 0 radical (unpaired) electrons. The minimum atomic E-state index is -0.526. The zero-order valence-corrected chi connectivity index (χ0v) is 20.4. The van der Waals surface area contributed by atoms with Crippen molar-refractivity contribution < 1.29 is 14.3 Å². The molecule has 35 heavy (non-hydrogen) atoms. The molecule has 0 aliphatic heterocycles. The Bertz CT molecular complexity index is 1510. The lowest BCUT2D eigenvalue weighted by Gasteiger charge is -2.12. The lowest BCUT2D eigenvalue weighted by molar-refractivity contribution is -0.113. The topological polar surface area (TPSA) is 117 Å². The SMILES string of the molecule is COc1ccc(NC(=O)CSc2nc(-c3ccc(OC)cc3)nc3c2c(=O)n(C)c(=O)n3C)cc1. The van der Waals surface area contributed by atoms with Gasteiger partial charge in [0.15, 0.2) is 11.5 Å². The number of amides is 1. The number of hydrogen-bond donors (Lipinski definition) is 1. The highest BCUT2D eigenvalue weighted by atomic mass is 32.2. The Morgan fingerprint density at radius 3 is 2.11 bits per heavy atom. The molecule has 0 bridgehead atoms. The van der Waals surface area contributed by atoms with E-state index in [1.807, 2.05) is 0 Å². The number of benzene rings is 2. The van der Waals surface area contributed by atoms with E-state index in [0.717, 1.165) is 16.3 Å². The highest BCUT2D eigenvalue weighted by Gasteiger charge is 2.19. The summed E-state index contributed by atoms with van der Waals surface area (Å²) < 4.78 is 12.6. The van der Waals surface area contributed by atoms with Gasteiger partial charge in [-0.25, -0.2) is 14.8 Å². The molecular weight excluding hydrogens is 470 g/mol. The number of methoxy groups -OCH3 is 2. The normalized spacial score (nSPS) is 10.9. The molecule has 4 rings (SSSR count). The number of nitrogens with one attached hydrogen (secondary N) is 1. The Balaban J connectivity index is 1.72. The molecule has 0 unspecified atom stereocenters. The molecule has 0 saturated heterocycles. The van der Waals surface area contributed by atoms with Crippen LogP contribution >= 0.6 is 11.8 Å². The van der Waals surface area contributed by atoms with Crippen LogP contribution in [0, 0.1) is 0 Å². The van der Waals surface area contributed by atoms with Crippen LogP contribution in [0.5, 0.6) is 11.5 Å². The Morgan fingerprint density at radius 1 is 0.914 bits per heavy atom. The first kappa shape index (κ1) is 24.0. The van der Waals surface area contributed by atoms with Crippen LogP contribution in [0.3, 0.4) is 0 Å². The molecule has 0 aliphatic carbocycles. The average molecular weight is 494 g/mol. The average Bonchev–Trinajstić information content (AvgIpc) is 2.89. The quantitative estimate of drug-likeness (QED) is 0.308. The van der Waals surface area contributed by atoms with Crippen molar-refractivity contribution in [3.63, 3.8) is 0 Å². The number of aromatic nitrogens is 4. The number of nitrogens with zero attached hydrogens (tertiary/aromatic N) is 4. The van der Waals surface area contributed by atoms with Crippen LogP contribution in [0.25, 0.3) is 22.4 Å². The first-order valence-corrected chi connectivity index (χ1v) is 11.5. The number of thioether (sulfide) groups is 1. The van der Waals surface area contributed by atoms with Crippen LogP contribution in [-0.2, 0) is 18.9 Å². The maximum absolute atomic E-state index is 13.0. The Kier molecular flexibility index (Phi) is 6.87. The molecule has 2 aromatic heterocycles. The van der Waals surface area contributed by atoms with E-state index in [0.29, 0.717) is 33.6 Å². The van der Waals surface area contributed by atoms with Gasteiger partial charge in [-0.15, -0.1) is 0 Å². The molecule has 180 valence electrons. The third kappa shape index (κ3) is 4.90. The molecule has 1 N–H and O–H groups in total. The van der Waals surface area contributed by atoms with Gasteiger partial charge in [0, 0.05) is 25.3 Å². The van der Waals surface area contributed by atoms with Gasteiger partial charge in [0.25, 0.3) is 5.56 Å². The van der Waals surface area contributed by atoms with Crippen LogP contribution in [-0.4, -0.2) is 45.0 Å². The molecule has 11 heteroatoms. The molecule has 4 aromatic rings. The van der Waals surface area contributed by atoms with Crippen molar-refractivity contribution >= 4 is 34.4 Å². The fourth-order valence-electron chi connectivity index (χ4n) is 3.41. The zero-order chi connectivity index (χ0) is 25.1. The maximum Gasteiger partial charge on any atom is 0.332 e. The first-order valence-electron chi connectivity index (χ1n) is 10.5. The third-order valence-electron chi connectivity index (χ3n) is 5.33. The number of aryl methyl sites for hydroxylation is 1. The maximum atomic E-state index is 13.0. The van der Waals surface area contributed by atoms with Gasteiger partial charge in [-0.1, -0.05) is 11.8 Å². The van der Waals surface area contributed by atoms with Gasteiger partial charge >= 0.3 is 5.69 Å². The van der Waals surface area contributed by atoms with Crippen molar-refractivity contribution in [3.8, 4) is 22.9 Å². The minimum absolute atomic E-state index is 0.00775. The Hall–Kier alpha value is -4.12. The molecular formula is C24H23N5O5S. The van der Waals surface area contributed by atoms with Gasteiger partial charge in [-0.3, -0.25) is 18.7 Å². The van der Waals surface area contributed by atoms with Gasteiger partial charge in [0.1, 0.15) is 21.9 Å². The molecule has 0 fully saturated rings. The van der Waals surface area contributed by atoms with E-state index in [9.17, 15) is 14.4 Å². The third-order valence-corrected chi connectivity index (χ3v) is 6.30. The van der Waals surface area contributed by atoms with Gasteiger partial charge in [0.05, 0.1) is 20.0 Å². The zero-order valence-electron chi connectivity index (χ0n) is 19.6. The van der Waals surface area contributed by atoms with Gasteiger partial charge < -0.3 is 14.8 Å². The van der Waals surface area contributed by atoms with E-state index in [4.69, 9.17) is 9.47 Å². The fraction of sp³-hybridized carbons (Fsp3) is 0.208. The number of hydrogen-bond acceptors (Lipinski definition) is 8. The molecule has 2 aromatic carbocycles. The number of carbonyl (C=O) groups excluding carboxylic acids is 1. The van der Waals surface area contributed by atoms with Crippen LogP contribution in [0.15, 0.2) is 63.1 Å². The number of fused-ring (bicyclic) bond motifs is 1. The lowest BCUT2D eigenvalue weighted by atomic mass is 10.2. The smallest absolute Gasteiger partial charge is 0.332 e. The van der Waals surface area contributed by atoms with Crippen LogP contribution < -0.4 is 26.0 Å². The second-order valence-corrected chi connectivity index (χ2v) is 8.51. The summed E-state index contributed by atoms with van der Waals surface area (Å²) in [5, 5.41) is 3.29. The van der Waals surface area contributed by atoms with E-state index in [-0.39, 0.29) is 22.7 Å². The molecule has 1 amide bonds. The highest BCUT2D eigenvalue weighted by molar-refractivity contribution is 8.00. The summed E-state index contributed by atoms with van der Waals surface area (Å²) in [4.78, 5) is 47.2. The fourth-order valence-corrected chi connectivity index (χ4v) is 4.22. The predicted molar refractivity (Wildman–Crippen MR) is 134 cm³/mol. The summed E-state index contributed by atoms with van der Waals surface area (Å²) >= 11 is 1.10. The summed E-state index contributed by atoms with van der Waals surface area (Å²) in [6.45, 7) is 0. The van der Waals surface area contributed by atoms with Crippen LogP contribution in [0.2, 0.25) is 0 Å². The summed E-state index contributed by atoms with van der Waals surface area (Å²) in [6, 6.07) is 14.0. The van der Waals surface area contributed by atoms with E-state index in [1.165, 1.54) is 11.6 Å². The number of carbonyl (C=O) groups is 1. The van der Waals surface area contributed by atoms with Crippen molar-refractivity contribution in [1.82, 2.24) is 19.1 Å². The summed E-state index contributed by atoms with van der Waals surface area (Å²) in [5.74, 6) is 1.38. The monoisotopic (exact) mass is 493 g/mol. The predicted octanol–water partition coefficient (Wildman–Crippen LogP) is 2.44. The van der Waals surface area contributed by atoms with Crippen molar-refractivity contribution in [2.45, 2.75) is 5.03 Å². The number of anilines is 1. The first-order chi connectivity index (χ1) is 16.8. The summed E-state index contributed by atoms with van der Waals surface area (Å²) in [7, 11) is 6.07. The number of ether oxygens (including phenoxy) is 2. The highest BCUT2D eigenvalue weighted by Crippen LogP contribution is 2.27. The summed E-state index contributed by atoms with van der Waals surface area (Å²) in [6.07, 6.45) is 0. The largest absolute Gasteiger partial charge is 0.497 e. The van der Waals surface area contributed by atoms with Crippen molar-refractivity contribution in [1.29, 1.82) is 0 Å². The standard InChI is InChI=1S/C24H23N5O5S/c1-28-21-19(23(31)29(2)24(28)32)22(27-20(26-21)14-5-9-16(33-3)10-6-14)35-13-18(30)25-15-7-11-17(34-4)12-8-15/h5-12H,13H2,1-4H3,(H,25,30). The van der Waals surface area contributed by atoms with Gasteiger partial charge in [-0.05, 0) is 48.5 Å². The van der Waals surface area contributed by atoms with Gasteiger partial charge in [-0.2, -0.15) is 0 Å². The second-order valence-electron chi connectivity index (χ2n) is 7.55. The summed E-state index contributed by atoms with van der Waals surface area (Å²) in [5.41, 5.74) is 0.445. The van der Waals surface area contributed by atoms with Crippen molar-refractivity contribution in [3.05, 3.63) is 69.4 Å². The van der Waals surface area contributed by atoms with Crippen molar-refractivity contribution in [2.75, 3.05) is 25.3 Å². The molecule has 0 atom stereocenters. The minimum Gasteiger partial charge on any atom is -0.497 e. The van der Waals surface area contributed by atoms with Crippen LogP contribution in [0.1, 0.15) is 0 Å². The molecule has 0 aliphatic rings. The second kappa shape index (κ2) is 10.0. The van der Waals surface area contributed by atoms with Gasteiger partial charge in [0.2, 0.25) is 5.91 Å². The number of rotatable bonds is 7. The Labute approximate surface area is 204 Å². The van der Waals surface area contributed by atoms with E-state index in [1.54, 1.807) is 69.8 Å². The van der Waals surface area contributed by atoms with E-state index < -0.39 is 11.2 Å². The Morgan fingerprint density at radius 2 is 1.51 bits per heavy atom.